The van der Waals surface area contributed by atoms with E-state index >= 15 is 0 Å². The molecule has 0 spiro atoms. The Balaban J connectivity index is 1.62. The molecule has 2 aromatic carbocycles. The summed E-state index contributed by atoms with van der Waals surface area (Å²) in [7, 11) is -3.74. The average molecular weight is 455 g/mol. The molecule has 1 heterocycles. The largest absolute Gasteiger partial charge is 0.454 e. The number of benzene rings is 2. The van der Waals surface area contributed by atoms with Crippen LogP contribution in [0.4, 0.5) is 0 Å². The molecule has 0 radical (unpaired) electrons. The third-order valence-corrected chi connectivity index (χ3v) is 6.51. The highest BCUT2D eigenvalue weighted by Crippen LogP contribution is 2.32. The minimum Gasteiger partial charge on any atom is -0.454 e. The van der Waals surface area contributed by atoms with Crippen molar-refractivity contribution in [1.29, 1.82) is 0 Å². The van der Waals surface area contributed by atoms with Crippen LogP contribution in [0.1, 0.15) is 12.5 Å². The van der Waals surface area contributed by atoms with Gasteiger partial charge in [-0.1, -0.05) is 28.9 Å². The van der Waals surface area contributed by atoms with Gasteiger partial charge < -0.3 is 14.8 Å². The van der Waals surface area contributed by atoms with Crippen molar-refractivity contribution in [2.24, 2.45) is 0 Å². The summed E-state index contributed by atoms with van der Waals surface area (Å²) >= 11 is 3.28. The molecule has 27 heavy (non-hydrogen) atoms. The van der Waals surface area contributed by atoms with Gasteiger partial charge in [0.25, 0.3) is 0 Å². The van der Waals surface area contributed by atoms with Gasteiger partial charge in [-0.05, 0) is 42.0 Å². The second kappa shape index (κ2) is 8.28. The highest BCUT2D eigenvalue weighted by Gasteiger charge is 2.25. The molecule has 7 nitrogen and oxygen atoms in total. The maximum atomic E-state index is 12.7. The highest BCUT2D eigenvalue weighted by molar-refractivity contribution is 9.10. The number of nitrogens with zero attached hydrogens (tertiary/aromatic N) is 1. The number of likely N-dealkylation sites (N-methyl/N-ethyl adjacent to an activating group) is 1. The number of rotatable bonds is 7. The van der Waals surface area contributed by atoms with Gasteiger partial charge in [-0.2, -0.15) is 4.31 Å². The number of fused-ring (bicyclic) bond motifs is 1. The first-order valence-electron chi connectivity index (χ1n) is 8.31. The van der Waals surface area contributed by atoms with Gasteiger partial charge in [-0.3, -0.25) is 4.79 Å². The molecule has 0 atom stereocenters. The Hall–Kier alpha value is -2.10. The molecule has 3 rings (SSSR count). The van der Waals surface area contributed by atoms with Gasteiger partial charge in [-0.25, -0.2) is 8.42 Å². The number of halogens is 1. The molecule has 0 bridgehead atoms. The van der Waals surface area contributed by atoms with E-state index < -0.39 is 10.0 Å². The Labute approximate surface area is 166 Å². The monoisotopic (exact) mass is 454 g/mol. The SMILES string of the molecule is CCN(CC(=O)NCc1ccc2c(c1)OCO2)S(=O)(=O)c1ccc(Br)cc1. The lowest BCUT2D eigenvalue weighted by Crippen LogP contribution is -2.40. The van der Waals surface area contributed by atoms with Gasteiger partial charge in [0.15, 0.2) is 11.5 Å². The first kappa shape index (κ1) is 19.7. The number of sulfonamides is 1. The molecular weight excluding hydrogens is 436 g/mol. The Morgan fingerprint density at radius 1 is 1.15 bits per heavy atom. The molecule has 0 fully saturated rings. The fraction of sp³-hybridized carbons (Fsp3) is 0.278. The van der Waals surface area contributed by atoms with Crippen LogP contribution in [0, 0.1) is 0 Å². The highest BCUT2D eigenvalue weighted by atomic mass is 79.9. The molecular formula is C18H19BrN2O5S. The molecule has 1 N–H and O–H groups in total. The topological polar surface area (TPSA) is 84.9 Å². The van der Waals surface area contributed by atoms with Gasteiger partial charge in [0.1, 0.15) is 0 Å². The van der Waals surface area contributed by atoms with Crippen LogP contribution in [0.5, 0.6) is 11.5 Å². The van der Waals surface area contributed by atoms with Crippen molar-refractivity contribution in [3.63, 3.8) is 0 Å². The van der Waals surface area contributed by atoms with Crippen LogP contribution in [0.3, 0.4) is 0 Å². The van der Waals surface area contributed by atoms with Gasteiger partial charge >= 0.3 is 0 Å². The van der Waals surface area contributed by atoms with Crippen molar-refractivity contribution in [3.8, 4) is 11.5 Å². The Morgan fingerprint density at radius 3 is 2.56 bits per heavy atom. The quantitative estimate of drug-likeness (QED) is 0.694. The molecule has 144 valence electrons. The second-order valence-electron chi connectivity index (χ2n) is 5.85. The average Bonchev–Trinajstić information content (AvgIpc) is 3.12. The molecule has 0 saturated heterocycles. The molecule has 2 aromatic rings. The van der Waals surface area contributed by atoms with Crippen LogP contribution < -0.4 is 14.8 Å². The first-order chi connectivity index (χ1) is 12.9. The number of hydrogen-bond donors (Lipinski definition) is 1. The summed E-state index contributed by atoms with van der Waals surface area (Å²) in [6.45, 7) is 2.09. The number of hydrogen-bond acceptors (Lipinski definition) is 5. The Bertz CT molecular complexity index is 931. The number of nitrogens with one attached hydrogen (secondary N) is 1. The molecule has 1 aliphatic heterocycles. The van der Waals surface area contributed by atoms with Crippen LogP contribution in [0.2, 0.25) is 0 Å². The van der Waals surface area contributed by atoms with Crippen molar-refractivity contribution < 1.29 is 22.7 Å². The standard InChI is InChI=1S/C18H19BrN2O5S/c1-2-21(27(23,24)15-6-4-14(19)5-7-15)11-18(22)20-10-13-3-8-16-17(9-13)26-12-25-16/h3-9H,2,10-12H2,1H3,(H,20,22). The van der Waals surface area contributed by atoms with Gasteiger partial charge in [0.05, 0.1) is 11.4 Å². The van der Waals surface area contributed by atoms with Crippen LogP contribution >= 0.6 is 15.9 Å². The number of ether oxygens (including phenoxy) is 2. The van der Waals surface area contributed by atoms with E-state index in [2.05, 4.69) is 21.2 Å². The summed E-state index contributed by atoms with van der Waals surface area (Å²) in [4.78, 5) is 12.4. The van der Waals surface area contributed by atoms with Crippen molar-refractivity contribution in [1.82, 2.24) is 9.62 Å². The predicted octanol–water partition coefficient (Wildman–Crippen LogP) is 2.50. The van der Waals surface area contributed by atoms with E-state index in [9.17, 15) is 13.2 Å². The zero-order valence-electron chi connectivity index (χ0n) is 14.6. The molecule has 9 heteroatoms. The van der Waals surface area contributed by atoms with E-state index in [1.54, 1.807) is 31.2 Å². The lowest BCUT2D eigenvalue weighted by molar-refractivity contribution is -0.121. The lowest BCUT2D eigenvalue weighted by Gasteiger charge is -2.20. The maximum Gasteiger partial charge on any atom is 0.243 e. The third kappa shape index (κ3) is 4.60. The molecule has 1 aliphatic rings. The summed E-state index contributed by atoms with van der Waals surface area (Å²) < 4.78 is 37.9. The number of carbonyl (C=O) groups excluding carboxylic acids is 1. The van der Waals surface area contributed by atoms with Crippen molar-refractivity contribution >= 4 is 31.9 Å². The van der Waals surface area contributed by atoms with Crippen molar-refractivity contribution in [2.75, 3.05) is 19.9 Å². The minimum absolute atomic E-state index is 0.149. The summed E-state index contributed by atoms with van der Waals surface area (Å²) in [5.41, 5.74) is 0.839. The van der Waals surface area contributed by atoms with Crippen LogP contribution in [-0.4, -0.2) is 38.5 Å². The van der Waals surface area contributed by atoms with E-state index in [0.29, 0.717) is 11.5 Å². The fourth-order valence-electron chi connectivity index (χ4n) is 2.59. The maximum absolute atomic E-state index is 12.7. The van der Waals surface area contributed by atoms with Gasteiger partial charge in [0, 0.05) is 17.6 Å². The van der Waals surface area contributed by atoms with E-state index in [4.69, 9.17) is 9.47 Å². The van der Waals surface area contributed by atoms with Crippen LogP contribution in [0.15, 0.2) is 51.8 Å². The predicted molar refractivity (Wildman–Crippen MR) is 103 cm³/mol. The van der Waals surface area contributed by atoms with Crippen molar-refractivity contribution in [2.45, 2.75) is 18.4 Å². The first-order valence-corrected chi connectivity index (χ1v) is 10.5. The third-order valence-electron chi connectivity index (χ3n) is 4.05. The van der Waals surface area contributed by atoms with E-state index in [-0.39, 0.29) is 37.2 Å². The zero-order valence-corrected chi connectivity index (χ0v) is 17.0. The van der Waals surface area contributed by atoms with Crippen LogP contribution in [-0.2, 0) is 21.4 Å². The summed E-state index contributed by atoms with van der Waals surface area (Å²) in [6.07, 6.45) is 0. The Kier molecular flexibility index (Phi) is 6.03. The number of amides is 1. The molecule has 1 amide bonds. The minimum atomic E-state index is -3.74. The summed E-state index contributed by atoms with van der Waals surface area (Å²) in [5.74, 6) is 0.924. The van der Waals surface area contributed by atoms with E-state index in [0.717, 1.165) is 14.3 Å². The number of carbonyl (C=O) groups is 1. The molecule has 0 aliphatic carbocycles. The zero-order chi connectivity index (χ0) is 19.4. The fourth-order valence-corrected chi connectivity index (χ4v) is 4.26. The van der Waals surface area contributed by atoms with E-state index in [1.807, 2.05) is 6.07 Å². The van der Waals surface area contributed by atoms with Gasteiger partial charge in [-0.15, -0.1) is 0 Å². The summed E-state index contributed by atoms with van der Waals surface area (Å²) in [6, 6.07) is 11.7. The second-order valence-corrected chi connectivity index (χ2v) is 8.70. The molecule has 0 aromatic heterocycles. The normalized spacial score (nSPS) is 13.0. The smallest absolute Gasteiger partial charge is 0.243 e. The molecule has 0 unspecified atom stereocenters. The molecule has 0 saturated carbocycles. The van der Waals surface area contributed by atoms with Gasteiger partial charge in [0.2, 0.25) is 22.7 Å². The lowest BCUT2D eigenvalue weighted by atomic mass is 10.2. The van der Waals surface area contributed by atoms with Crippen LogP contribution in [0.25, 0.3) is 0 Å². The van der Waals surface area contributed by atoms with Crippen molar-refractivity contribution in [3.05, 3.63) is 52.5 Å². The summed E-state index contributed by atoms with van der Waals surface area (Å²) in [5, 5.41) is 2.74. The van der Waals surface area contributed by atoms with E-state index in [1.165, 1.54) is 12.1 Å². The Morgan fingerprint density at radius 2 is 1.85 bits per heavy atom.